The summed E-state index contributed by atoms with van der Waals surface area (Å²) in [6, 6.07) is 12.4. The minimum Gasteiger partial charge on any atom is -0.378 e. The highest BCUT2D eigenvalue weighted by Crippen LogP contribution is 2.31. The molecule has 2 aromatic rings. The maximum atomic E-state index is 11.5. The average Bonchev–Trinajstić information content (AvgIpc) is 2.72. The molecule has 0 atom stereocenters. The van der Waals surface area contributed by atoms with Gasteiger partial charge >= 0.3 is 0 Å². The van der Waals surface area contributed by atoms with E-state index in [1.165, 1.54) is 36.4 Å². The van der Waals surface area contributed by atoms with Crippen LogP contribution in [-0.4, -0.2) is 36.1 Å². The summed E-state index contributed by atoms with van der Waals surface area (Å²) in [7, 11) is 0. The summed E-state index contributed by atoms with van der Waals surface area (Å²) in [4.78, 5) is 23.2. The number of hydrogen-bond acceptors (Lipinski definition) is 7. The van der Waals surface area contributed by atoms with Crippen molar-refractivity contribution in [2.24, 2.45) is 0 Å². The predicted octanol–water partition coefficient (Wildman–Crippen LogP) is 3.40. The highest BCUT2D eigenvalue weighted by atomic mass is 16.6. The number of nitro benzene ring substituents is 2. The highest BCUT2D eigenvalue weighted by molar-refractivity contribution is 5.90. The lowest BCUT2D eigenvalue weighted by molar-refractivity contribution is -0.384. The number of benzene rings is 2. The average molecular weight is 380 g/mol. The smallest absolute Gasteiger partial charge is 0.293 e. The zero-order valence-corrected chi connectivity index (χ0v) is 14.8. The number of ether oxygens (including phenoxy) is 1. The van der Waals surface area contributed by atoms with Crippen molar-refractivity contribution < 1.29 is 14.6 Å². The second-order valence-electron chi connectivity index (χ2n) is 6.08. The van der Waals surface area contributed by atoms with E-state index >= 15 is 0 Å². The van der Waals surface area contributed by atoms with Crippen molar-refractivity contribution in [2.75, 3.05) is 31.2 Å². The van der Waals surface area contributed by atoms with Crippen molar-refractivity contribution >= 4 is 28.7 Å². The van der Waals surface area contributed by atoms with Gasteiger partial charge in [0.2, 0.25) is 0 Å². The molecule has 1 saturated heterocycles. The molecule has 0 bridgehead atoms. The number of nitriles is 1. The molecule has 1 fully saturated rings. The van der Waals surface area contributed by atoms with Gasteiger partial charge in [-0.3, -0.25) is 20.2 Å². The molecule has 0 amide bonds. The van der Waals surface area contributed by atoms with Crippen molar-refractivity contribution in [3.8, 4) is 6.07 Å². The van der Waals surface area contributed by atoms with Crippen molar-refractivity contribution in [1.29, 1.82) is 5.26 Å². The molecule has 0 saturated carbocycles. The molecule has 142 valence electrons. The van der Waals surface area contributed by atoms with Gasteiger partial charge in [0.1, 0.15) is 5.69 Å². The molecule has 0 spiro atoms. The molecule has 0 aromatic heterocycles. The Bertz CT molecular complexity index is 973. The molecular weight excluding hydrogens is 364 g/mol. The lowest BCUT2D eigenvalue weighted by Crippen LogP contribution is -2.36. The van der Waals surface area contributed by atoms with E-state index in [4.69, 9.17) is 4.74 Å². The summed E-state index contributed by atoms with van der Waals surface area (Å²) in [5.74, 6) is 0. The van der Waals surface area contributed by atoms with Gasteiger partial charge < -0.3 is 9.64 Å². The Morgan fingerprint density at radius 1 is 1.07 bits per heavy atom. The maximum absolute atomic E-state index is 11.5. The summed E-state index contributed by atoms with van der Waals surface area (Å²) >= 11 is 0. The van der Waals surface area contributed by atoms with E-state index in [9.17, 15) is 25.5 Å². The third-order valence-electron chi connectivity index (χ3n) is 4.37. The monoisotopic (exact) mass is 380 g/mol. The highest BCUT2D eigenvalue weighted by Gasteiger charge is 2.21. The molecule has 1 aliphatic rings. The van der Waals surface area contributed by atoms with Crippen LogP contribution in [0.15, 0.2) is 42.5 Å². The fourth-order valence-corrected chi connectivity index (χ4v) is 2.96. The fourth-order valence-electron chi connectivity index (χ4n) is 2.96. The molecule has 9 nitrogen and oxygen atoms in total. The Morgan fingerprint density at radius 2 is 1.75 bits per heavy atom. The number of allylic oxidation sites excluding steroid dienone is 1. The van der Waals surface area contributed by atoms with Crippen molar-refractivity contribution in [3.05, 3.63) is 73.8 Å². The maximum Gasteiger partial charge on any atom is 0.293 e. The molecule has 1 heterocycles. The van der Waals surface area contributed by atoms with Crippen LogP contribution in [0.4, 0.5) is 17.1 Å². The van der Waals surface area contributed by atoms with Crippen molar-refractivity contribution in [2.45, 2.75) is 0 Å². The van der Waals surface area contributed by atoms with E-state index in [-0.39, 0.29) is 16.9 Å². The molecular formula is C19H16N4O5. The Hall–Kier alpha value is -3.77. The topological polar surface area (TPSA) is 123 Å². The van der Waals surface area contributed by atoms with Crippen LogP contribution in [0.25, 0.3) is 11.6 Å². The SMILES string of the molecule is N#C/C(=C/c1ccc(N2CCOCC2)c([N+](=O)[O-])c1)c1ccc([N+](=O)[O-])cc1. The van der Waals surface area contributed by atoms with Crippen LogP contribution >= 0.6 is 0 Å². The predicted molar refractivity (Wildman–Crippen MR) is 103 cm³/mol. The number of hydrogen-bond donors (Lipinski definition) is 0. The van der Waals surface area contributed by atoms with Gasteiger partial charge in [-0.15, -0.1) is 0 Å². The van der Waals surface area contributed by atoms with E-state index in [0.717, 1.165) is 0 Å². The number of rotatable bonds is 5. The van der Waals surface area contributed by atoms with Gasteiger partial charge in [-0.2, -0.15) is 5.26 Å². The quantitative estimate of drug-likeness (QED) is 0.337. The standard InChI is InChI=1S/C19H16N4O5/c20-13-16(15-2-4-17(5-3-15)22(24)25)11-14-1-6-18(19(12-14)23(26)27)21-7-9-28-10-8-21/h1-6,11-12H,7-10H2/b16-11-. The second-order valence-corrected chi connectivity index (χ2v) is 6.08. The number of anilines is 1. The lowest BCUT2D eigenvalue weighted by atomic mass is 10.0. The molecule has 0 radical (unpaired) electrons. The van der Waals surface area contributed by atoms with Gasteiger partial charge in [-0.1, -0.05) is 6.07 Å². The van der Waals surface area contributed by atoms with E-state index in [2.05, 4.69) is 0 Å². The third kappa shape index (κ3) is 4.13. The molecule has 0 aliphatic carbocycles. The zero-order valence-electron chi connectivity index (χ0n) is 14.8. The minimum absolute atomic E-state index is 0.0448. The second kappa shape index (κ2) is 8.28. The Kier molecular flexibility index (Phi) is 5.62. The summed E-state index contributed by atoms with van der Waals surface area (Å²) in [5.41, 5.74) is 1.64. The molecule has 1 aliphatic heterocycles. The minimum atomic E-state index is -0.521. The first kappa shape index (κ1) is 19.0. The lowest BCUT2D eigenvalue weighted by Gasteiger charge is -2.28. The van der Waals surface area contributed by atoms with Crippen LogP contribution < -0.4 is 4.90 Å². The fraction of sp³-hybridized carbons (Fsp3) is 0.211. The van der Waals surface area contributed by atoms with Gasteiger partial charge in [-0.05, 0) is 35.4 Å². The summed E-state index contributed by atoms with van der Waals surface area (Å²) in [6.45, 7) is 2.17. The summed E-state index contributed by atoms with van der Waals surface area (Å²) < 4.78 is 5.29. The van der Waals surface area contributed by atoms with E-state index < -0.39 is 9.85 Å². The number of non-ortho nitro benzene ring substituents is 1. The van der Waals surface area contributed by atoms with Crippen LogP contribution in [-0.2, 0) is 4.74 Å². The number of nitrogens with zero attached hydrogens (tertiary/aromatic N) is 4. The first-order valence-electron chi connectivity index (χ1n) is 8.47. The van der Waals surface area contributed by atoms with Crippen LogP contribution in [0, 0.1) is 31.6 Å². The van der Waals surface area contributed by atoms with Crippen molar-refractivity contribution in [3.63, 3.8) is 0 Å². The number of morpholine rings is 1. The molecule has 0 N–H and O–H groups in total. The first-order chi connectivity index (χ1) is 13.5. The molecule has 9 heteroatoms. The normalized spacial score (nSPS) is 14.4. The van der Waals surface area contributed by atoms with Crippen molar-refractivity contribution in [1.82, 2.24) is 0 Å². The Labute approximate surface area is 160 Å². The van der Waals surface area contributed by atoms with Gasteiger partial charge in [0.25, 0.3) is 11.4 Å². The van der Waals surface area contributed by atoms with E-state index in [1.54, 1.807) is 12.1 Å². The Balaban J connectivity index is 1.95. The zero-order chi connectivity index (χ0) is 20.1. The van der Waals surface area contributed by atoms with Crippen LogP contribution in [0.2, 0.25) is 0 Å². The molecule has 3 rings (SSSR count). The molecule has 28 heavy (non-hydrogen) atoms. The van der Waals surface area contributed by atoms with Gasteiger partial charge in [-0.25, -0.2) is 0 Å². The number of nitro groups is 2. The third-order valence-corrected chi connectivity index (χ3v) is 4.37. The van der Waals surface area contributed by atoms with Crippen LogP contribution in [0.1, 0.15) is 11.1 Å². The first-order valence-corrected chi connectivity index (χ1v) is 8.47. The summed E-state index contributed by atoms with van der Waals surface area (Å²) in [6.07, 6.45) is 1.53. The molecule has 0 unspecified atom stereocenters. The van der Waals surface area contributed by atoms with Gasteiger partial charge in [0.15, 0.2) is 0 Å². The molecule has 2 aromatic carbocycles. The van der Waals surface area contributed by atoms with Crippen LogP contribution in [0.3, 0.4) is 0 Å². The largest absolute Gasteiger partial charge is 0.378 e. The van der Waals surface area contributed by atoms with Gasteiger partial charge in [0.05, 0.1) is 34.7 Å². The Morgan fingerprint density at radius 3 is 2.32 bits per heavy atom. The summed E-state index contributed by atoms with van der Waals surface area (Å²) in [5, 5.41) is 31.7. The van der Waals surface area contributed by atoms with E-state index in [1.807, 2.05) is 11.0 Å². The van der Waals surface area contributed by atoms with Crippen LogP contribution in [0.5, 0.6) is 0 Å². The van der Waals surface area contributed by atoms with E-state index in [0.29, 0.717) is 43.1 Å². The van der Waals surface area contributed by atoms with Gasteiger partial charge in [0, 0.05) is 31.3 Å².